The third-order valence-electron chi connectivity index (χ3n) is 10.8. The topological polar surface area (TPSA) is 472 Å². The molecule has 7 amide bonds. The van der Waals surface area contributed by atoms with E-state index in [1.165, 1.54) is 6.92 Å². The predicted molar refractivity (Wildman–Crippen MR) is 208 cm³/mol. The van der Waals surface area contributed by atoms with Crippen molar-refractivity contribution in [2.75, 3.05) is 13.1 Å². The molecule has 29 heteroatoms. The van der Waals surface area contributed by atoms with Gasteiger partial charge in [-0.05, 0) is 24.6 Å². The van der Waals surface area contributed by atoms with Gasteiger partial charge in [-0.15, -0.1) is 0 Å². The maximum atomic E-state index is 14.3. The van der Waals surface area contributed by atoms with Crippen molar-refractivity contribution in [1.82, 2.24) is 31.1 Å². The molecule has 0 bridgehead atoms. The maximum absolute atomic E-state index is 14.3. The average molecular weight is 937 g/mol. The van der Waals surface area contributed by atoms with E-state index in [1.807, 2.05) is 10.6 Å². The summed E-state index contributed by atoms with van der Waals surface area (Å²) >= 11 is 0. The number of carbonyl (C=O) groups excluding carboxylic acids is 7. The molecule has 1 aromatic rings. The van der Waals surface area contributed by atoms with Crippen molar-refractivity contribution >= 4 is 51.7 Å². The summed E-state index contributed by atoms with van der Waals surface area (Å²) in [6.07, 6.45) is -19.1. The molecule has 3 fully saturated rings. The molecule has 3 aliphatic heterocycles. The summed E-state index contributed by atoms with van der Waals surface area (Å²) in [6.45, 7) is 1.26. The molecular formula is C35H52N8O20S. The number of phenols is 1. The first-order chi connectivity index (χ1) is 29.6. The lowest BCUT2D eigenvalue weighted by Gasteiger charge is -2.34. The number of benzene rings is 1. The summed E-state index contributed by atoms with van der Waals surface area (Å²) < 4.78 is 36.2. The Morgan fingerprint density at radius 2 is 1.44 bits per heavy atom. The van der Waals surface area contributed by atoms with Crippen LogP contribution in [0.5, 0.6) is 11.5 Å². The van der Waals surface area contributed by atoms with Crippen LogP contribution in [0.25, 0.3) is 0 Å². The van der Waals surface area contributed by atoms with Crippen LogP contribution in [0, 0.1) is 5.92 Å². The molecule has 1 aromatic carbocycles. The number of carbonyl (C=O) groups is 7. The van der Waals surface area contributed by atoms with Crippen molar-refractivity contribution in [3.63, 3.8) is 0 Å². The molecule has 0 saturated carbocycles. The van der Waals surface area contributed by atoms with Gasteiger partial charge in [0.1, 0.15) is 48.5 Å². The first-order valence-corrected chi connectivity index (χ1v) is 20.8. The number of fused-ring (bicyclic) bond motifs is 2. The summed E-state index contributed by atoms with van der Waals surface area (Å²) in [4.78, 5) is 96.6. The molecule has 64 heavy (non-hydrogen) atoms. The maximum Gasteiger partial charge on any atom is 0.446 e. The fourth-order valence-corrected chi connectivity index (χ4v) is 7.77. The number of primary amides is 1. The minimum Gasteiger partial charge on any atom is -0.504 e. The van der Waals surface area contributed by atoms with E-state index in [2.05, 4.69) is 14.8 Å². The van der Waals surface area contributed by atoms with E-state index in [-0.39, 0.29) is 0 Å². The summed E-state index contributed by atoms with van der Waals surface area (Å²) in [5, 5.41) is 106. The first-order valence-electron chi connectivity index (χ1n) is 19.4. The molecular weight excluding hydrogens is 884 g/mol. The third-order valence-corrected chi connectivity index (χ3v) is 11.2. The van der Waals surface area contributed by atoms with Crippen LogP contribution < -0.4 is 36.9 Å². The Hall–Kier alpha value is -5.34. The second kappa shape index (κ2) is 20.7. The number of phenolic OH excluding ortho intramolecular Hbond substituents is 1. The Labute approximate surface area is 363 Å². The van der Waals surface area contributed by atoms with Crippen molar-refractivity contribution < 1.29 is 96.7 Å². The number of aliphatic hydroxyl groups excluding tert-OH is 8. The second-order valence-corrected chi connectivity index (χ2v) is 16.8. The standard InChI is InChI=1S/C35H52N8O20S/c1-11-9-43-25(26(11)50)33(57)41-31(55)19(48)7-15(36)29(53)38-22(12(2)44)34(58)42-10-14(45)6-16(42)30(54)40-24(32(56)39-23(35(43)59)18(47)8-21(37)49)28(52)27(51)13-3-4-17(46)20(5-13)63-64(60,61)62/h3-5,11-12,14-16,18-19,22-28,31,44-48,50-52,55H,6-10,36H2,1-2H3,(H2,37,49)(H,38,53)(H,39,56)(H,40,54)(H,41,57)(H,60,61,62)/t11-,12+,14+,15-,16+,18+,19+,22-,23-,24-,25+,26-,27-,28-,31+/m0/s1. The molecule has 358 valence electrons. The van der Waals surface area contributed by atoms with Gasteiger partial charge in [0, 0.05) is 31.8 Å². The minimum absolute atomic E-state index is 0.508. The largest absolute Gasteiger partial charge is 0.504 e. The van der Waals surface area contributed by atoms with E-state index < -0.39 is 192 Å². The number of aromatic hydroxyl groups is 1. The average Bonchev–Trinajstić information content (AvgIpc) is 3.74. The lowest BCUT2D eigenvalue weighted by molar-refractivity contribution is -0.149. The van der Waals surface area contributed by atoms with E-state index in [0.29, 0.717) is 15.9 Å². The van der Waals surface area contributed by atoms with E-state index in [0.717, 1.165) is 19.1 Å². The van der Waals surface area contributed by atoms with Gasteiger partial charge in [0.2, 0.25) is 41.4 Å². The van der Waals surface area contributed by atoms with Gasteiger partial charge in [0.05, 0.1) is 36.9 Å². The van der Waals surface area contributed by atoms with Crippen LogP contribution in [0.15, 0.2) is 18.2 Å². The number of nitrogens with two attached hydrogens (primary N) is 2. The van der Waals surface area contributed by atoms with Gasteiger partial charge in [-0.1, -0.05) is 13.0 Å². The molecule has 0 spiro atoms. The van der Waals surface area contributed by atoms with Gasteiger partial charge >= 0.3 is 10.4 Å². The fourth-order valence-electron chi connectivity index (χ4n) is 7.41. The lowest BCUT2D eigenvalue weighted by atomic mass is 9.96. The van der Waals surface area contributed by atoms with Crippen LogP contribution in [0.3, 0.4) is 0 Å². The predicted octanol–water partition coefficient (Wildman–Crippen LogP) is -9.26. The quantitative estimate of drug-likeness (QED) is 0.102. The van der Waals surface area contributed by atoms with Crippen LogP contribution in [0.4, 0.5) is 0 Å². The zero-order valence-corrected chi connectivity index (χ0v) is 34.8. The van der Waals surface area contributed by atoms with Crippen LogP contribution in [-0.2, 0) is 44.0 Å². The number of hydrogen-bond donors (Lipinski definition) is 16. The van der Waals surface area contributed by atoms with E-state index >= 15 is 0 Å². The van der Waals surface area contributed by atoms with Crippen molar-refractivity contribution in [3.8, 4) is 11.5 Å². The molecule has 3 heterocycles. The normalized spacial score (nSPS) is 32.4. The highest BCUT2D eigenvalue weighted by molar-refractivity contribution is 7.81. The summed E-state index contributed by atoms with van der Waals surface area (Å²) in [7, 11) is -5.30. The van der Waals surface area contributed by atoms with Gasteiger partial charge in [0.25, 0.3) is 0 Å². The van der Waals surface area contributed by atoms with Crippen LogP contribution in [-0.4, -0.2) is 202 Å². The Morgan fingerprint density at radius 3 is 2.03 bits per heavy atom. The summed E-state index contributed by atoms with van der Waals surface area (Å²) in [5.41, 5.74) is 10.6. The number of rotatable bonds is 9. The highest BCUT2D eigenvalue weighted by atomic mass is 32.3. The Morgan fingerprint density at radius 1 is 0.844 bits per heavy atom. The first kappa shape index (κ1) is 51.3. The zero-order chi connectivity index (χ0) is 48.3. The lowest BCUT2D eigenvalue weighted by Crippen LogP contribution is -2.64. The number of aliphatic hydroxyl groups is 8. The van der Waals surface area contributed by atoms with Crippen LogP contribution in [0.2, 0.25) is 0 Å². The number of nitrogens with one attached hydrogen (secondary N) is 4. The Balaban J connectivity index is 1.88. The van der Waals surface area contributed by atoms with Gasteiger partial charge in [-0.2, -0.15) is 8.42 Å². The molecule has 3 aliphatic rings. The van der Waals surface area contributed by atoms with Gasteiger partial charge in [-0.3, -0.25) is 38.1 Å². The van der Waals surface area contributed by atoms with Crippen LogP contribution in [0.1, 0.15) is 44.8 Å². The molecule has 18 N–H and O–H groups in total. The number of hydrogen-bond acceptors (Lipinski definition) is 20. The molecule has 3 saturated heterocycles. The monoisotopic (exact) mass is 936 g/mol. The highest BCUT2D eigenvalue weighted by Gasteiger charge is 2.50. The van der Waals surface area contributed by atoms with Crippen LogP contribution >= 0.6 is 0 Å². The van der Waals surface area contributed by atoms with E-state index in [4.69, 9.17) is 16.0 Å². The zero-order valence-electron chi connectivity index (χ0n) is 33.9. The van der Waals surface area contributed by atoms with Gasteiger partial charge in [-0.25, -0.2) is 0 Å². The minimum atomic E-state index is -5.30. The van der Waals surface area contributed by atoms with Gasteiger partial charge in [0.15, 0.2) is 17.7 Å². The van der Waals surface area contributed by atoms with Crippen molar-refractivity contribution in [3.05, 3.63) is 23.8 Å². The highest BCUT2D eigenvalue weighted by Crippen LogP contribution is 2.32. The molecule has 0 aliphatic carbocycles. The second-order valence-electron chi connectivity index (χ2n) is 15.8. The summed E-state index contributed by atoms with van der Waals surface area (Å²) in [5.74, 6) is -12.4. The SMILES string of the molecule is C[C@@H](O)[C@@H]1NC(=O)[C@@H](N)C[C@@H](O)[C@@H](O)NC(=O)[C@H]2[C@@H](O)[C@@H](C)CN2C(=O)[C@H]([C@H](O)CC(N)=O)NC(=O)[C@H]([C@H](O)[C@@H](O)c2ccc(O)c(OS(=O)(=O)O)c2)NC(=O)[C@H]2C[C@@H](O)CN2C1=O. The molecule has 28 nitrogen and oxygen atoms in total. The fraction of sp³-hybridized carbons (Fsp3) is 0.629. The number of amides is 7. The molecule has 4 rings (SSSR count). The third kappa shape index (κ3) is 12.1. The van der Waals surface area contributed by atoms with Gasteiger partial charge < -0.3 is 92.7 Å². The van der Waals surface area contributed by atoms with Crippen molar-refractivity contribution in [2.45, 2.75) is 118 Å². The molecule has 0 radical (unpaired) electrons. The van der Waals surface area contributed by atoms with E-state index in [9.17, 15) is 87.9 Å². The summed E-state index contributed by atoms with van der Waals surface area (Å²) in [6, 6.07) is -10.2. The van der Waals surface area contributed by atoms with E-state index in [1.54, 1.807) is 0 Å². The smallest absolute Gasteiger partial charge is 0.446 e. The Kier molecular flexibility index (Phi) is 16.6. The van der Waals surface area contributed by atoms with Crippen molar-refractivity contribution in [1.29, 1.82) is 0 Å². The Bertz CT molecular complexity index is 2060. The molecule has 0 aromatic heterocycles. The molecule has 0 unspecified atom stereocenters. The number of nitrogens with zero attached hydrogens (tertiary/aromatic N) is 2. The van der Waals surface area contributed by atoms with Crippen molar-refractivity contribution in [2.24, 2.45) is 17.4 Å². The molecule has 15 atom stereocenters.